The van der Waals surface area contributed by atoms with E-state index >= 15 is 0 Å². The van der Waals surface area contributed by atoms with Crippen LogP contribution in [0.3, 0.4) is 0 Å². The molecule has 3 rings (SSSR count). The summed E-state index contributed by atoms with van der Waals surface area (Å²) in [5, 5.41) is 10.1. The summed E-state index contributed by atoms with van der Waals surface area (Å²) in [7, 11) is 0. The van der Waals surface area contributed by atoms with Crippen LogP contribution in [-0.4, -0.2) is 4.98 Å². The van der Waals surface area contributed by atoms with Crippen LogP contribution in [0.1, 0.15) is 113 Å². The van der Waals surface area contributed by atoms with Crippen molar-refractivity contribution in [1.29, 1.82) is 0 Å². The minimum Gasteiger partial charge on any atom is -0.679 e. The van der Waals surface area contributed by atoms with E-state index in [-0.39, 0.29) is 37.7 Å². The van der Waals surface area contributed by atoms with Crippen molar-refractivity contribution in [1.82, 2.24) is 4.98 Å². The van der Waals surface area contributed by atoms with Crippen molar-refractivity contribution in [2.24, 2.45) is 0 Å². The molecule has 3 nitrogen and oxygen atoms in total. The first-order chi connectivity index (χ1) is 16.2. The second kappa shape index (κ2) is 15.0. The SMILES string of the molecule is CC(C)c1cccc(C(C)C)c1[N-]Cc1cccc(C[N-]c2c(C(C)C)cccc2C(C)C)n1.[Li+].[Li+]. The standard InChI is InChI=1S/C31H41N3.2Li/c1-20(2)26-14-10-15-27(21(3)4)30(26)32-18-24-12-9-13-25(34-24)19-33-31-28(22(5)6)16-11-17-29(31)23(7)8;;/h9-17,20-23H,18-19H2,1-8H3;;/q-2;2*+1. The van der Waals surface area contributed by atoms with Crippen molar-refractivity contribution in [2.45, 2.75) is 92.2 Å². The van der Waals surface area contributed by atoms with E-state index in [2.05, 4.69) is 110 Å². The molecule has 0 fully saturated rings. The van der Waals surface area contributed by atoms with Crippen LogP contribution in [0.25, 0.3) is 10.6 Å². The normalized spacial score (nSPS) is 11.0. The van der Waals surface area contributed by atoms with Gasteiger partial charge in [0, 0.05) is 11.4 Å². The Labute approximate surface area is 244 Å². The van der Waals surface area contributed by atoms with Gasteiger partial charge >= 0.3 is 37.7 Å². The zero-order chi connectivity index (χ0) is 24.8. The average molecular weight is 470 g/mol. The Kier molecular flexibility index (Phi) is 13.5. The Hall–Kier alpha value is -1.62. The van der Waals surface area contributed by atoms with Gasteiger partial charge < -0.3 is 10.6 Å². The van der Waals surface area contributed by atoms with Crippen molar-refractivity contribution >= 4 is 11.4 Å². The molecule has 1 aromatic heterocycles. The molecule has 0 N–H and O–H groups in total. The van der Waals surface area contributed by atoms with Gasteiger partial charge in [-0.25, -0.2) is 0 Å². The van der Waals surface area contributed by atoms with Crippen molar-refractivity contribution < 1.29 is 37.7 Å². The summed E-state index contributed by atoms with van der Waals surface area (Å²) in [6, 6.07) is 19.4. The number of benzene rings is 2. The predicted molar refractivity (Wildman–Crippen MR) is 147 cm³/mol. The zero-order valence-electron chi connectivity index (χ0n) is 24.3. The fourth-order valence-electron chi connectivity index (χ4n) is 4.41. The van der Waals surface area contributed by atoms with E-state index in [4.69, 9.17) is 15.6 Å². The van der Waals surface area contributed by atoms with E-state index in [1.165, 1.54) is 22.3 Å². The largest absolute Gasteiger partial charge is 1.00 e. The van der Waals surface area contributed by atoms with Crippen LogP contribution in [0, 0.1) is 0 Å². The molecule has 0 aliphatic carbocycles. The van der Waals surface area contributed by atoms with E-state index in [1.807, 2.05) is 0 Å². The molecule has 0 atom stereocenters. The topological polar surface area (TPSA) is 41.1 Å². The Morgan fingerprint density at radius 2 is 0.778 bits per heavy atom. The van der Waals surface area contributed by atoms with Gasteiger partial charge in [-0.3, -0.25) is 4.98 Å². The van der Waals surface area contributed by atoms with Gasteiger partial charge in [0.25, 0.3) is 0 Å². The molecule has 0 aliphatic rings. The molecule has 0 bridgehead atoms. The predicted octanol–water partition coefficient (Wildman–Crippen LogP) is 3.99. The molecule has 0 aliphatic heterocycles. The third kappa shape index (κ3) is 8.20. The van der Waals surface area contributed by atoms with Crippen molar-refractivity contribution in [3.05, 3.63) is 98.9 Å². The van der Waals surface area contributed by atoms with Crippen LogP contribution in [0.5, 0.6) is 0 Å². The van der Waals surface area contributed by atoms with E-state index in [1.54, 1.807) is 0 Å². The number of hydrogen-bond acceptors (Lipinski definition) is 1. The van der Waals surface area contributed by atoms with Crippen LogP contribution >= 0.6 is 0 Å². The van der Waals surface area contributed by atoms with Gasteiger partial charge in [0.1, 0.15) is 0 Å². The molecule has 3 aromatic rings. The Bertz CT molecular complexity index is 956. The van der Waals surface area contributed by atoms with Gasteiger partial charge in [-0.2, -0.15) is 0 Å². The molecule has 0 saturated heterocycles. The number of pyridine rings is 1. The van der Waals surface area contributed by atoms with Gasteiger partial charge in [-0.05, 0) is 35.8 Å². The molecule has 0 saturated carbocycles. The van der Waals surface area contributed by atoms with Gasteiger partial charge in [0.15, 0.2) is 0 Å². The van der Waals surface area contributed by atoms with Gasteiger partial charge in [0.2, 0.25) is 0 Å². The van der Waals surface area contributed by atoms with Crippen molar-refractivity contribution in [3.63, 3.8) is 0 Å². The van der Waals surface area contributed by atoms with Crippen LogP contribution in [-0.2, 0) is 13.1 Å². The smallest absolute Gasteiger partial charge is 0.679 e. The second-order valence-corrected chi connectivity index (χ2v) is 10.4. The van der Waals surface area contributed by atoms with Gasteiger partial charge in [-0.15, -0.1) is 11.4 Å². The molecular formula is C31H41Li2N3. The third-order valence-electron chi connectivity index (χ3n) is 6.35. The fraction of sp³-hybridized carbons (Fsp3) is 0.452. The Balaban J connectivity index is 0.00000324. The zero-order valence-corrected chi connectivity index (χ0v) is 24.3. The molecule has 5 heteroatoms. The van der Waals surface area contributed by atoms with Crippen LogP contribution in [0.2, 0.25) is 0 Å². The van der Waals surface area contributed by atoms with Crippen LogP contribution in [0.4, 0.5) is 11.4 Å². The Morgan fingerprint density at radius 1 is 0.500 bits per heavy atom. The summed E-state index contributed by atoms with van der Waals surface area (Å²) < 4.78 is 0. The summed E-state index contributed by atoms with van der Waals surface area (Å²) in [6.45, 7) is 19.0. The van der Waals surface area contributed by atoms with Crippen molar-refractivity contribution in [3.8, 4) is 0 Å². The molecule has 0 amide bonds. The molecular weight excluding hydrogens is 428 g/mol. The van der Waals surface area contributed by atoms with E-state index in [0.29, 0.717) is 36.8 Å². The summed E-state index contributed by atoms with van der Waals surface area (Å²) in [6.07, 6.45) is 0. The monoisotopic (exact) mass is 469 g/mol. The first-order valence-corrected chi connectivity index (χ1v) is 12.7. The maximum atomic E-state index is 5.06. The summed E-state index contributed by atoms with van der Waals surface area (Å²) in [5.41, 5.74) is 9.48. The van der Waals surface area contributed by atoms with E-state index in [0.717, 1.165) is 22.8 Å². The maximum absolute atomic E-state index is 5.06. The molecule has 182 valence electrons. The first-order valence-electron chi connectivity index (χ1n) is 12.7. The number of nitrogens with zero attached hydrogens (tertiary/aromatic N) is 3. The number of rotatable bonds is 10. The summed E-state index contributed by atoms with van der Waals surface area (Å²) in [4.78, 5) is 4.91. The van der Waals surface area contributed by atoms with E-state index in [9.17, 15) is 0 Å². The van der Waals surface area contributed by atoms with Crippen LogP contribution < -0.4 is 37.7 Å². The number of aromatic nitrogens is 1. The molecule has 0 radical (unpaired) electrons. The average Bonchev–Trinajstić information content (AvgIpc) is 2.80. The Morgan fingerprint density at radius 3 is 1.06 bits per heavy atom. The van der Waals surface area contributed by atoms with Crippen molar-refractivity contribution in [2.75, 3.05) is 0 Å². The van der Waals surface area contributed by atoms with Gasteiger partial charge in [-0.1, -0.05) is 133 Å². The number of hydrogen-bond donors (Lipinski definition) is 0. The first kappa shape index (κ1) is 32.4. The second-order valence-electron chi connectivity index (χ2n) is 10.4. The third-order valence-corrected chi connectivity index (χ3v) is 6.35. The number of para-hydroxylation sites is 2. The molecule has 0 spiro atoms. The molecule has 0 unspecified atom stereocenters. The minimum absolute atomic E-state index is 0. The molecule has 36 heavy (non-hydrogen) atoms. The molecule has 2 aromatic carbocycles. The van der Waals surface area contributed by atoms with Crippen LogP contribution in [0.15, 0.2) is 54.6 Å². The summed E-state index contributed by atoms with van der Waals surface area (Å²) in [5.74, 6) is 1.75. The quantitative estimate of drug-likeness (QED) is 0.414. The van der Waals surface area contributed by atoms with E-state index < -0.39 is 0 Å². The fourth-order valence-corrected chi connectivity index (χ4v) is 4.41. The maximum Gasteiger partial charge on any atom is 1.00 e. The summed E-state index contributed by atoms with van der Waals surface area (Å²) >= 11 is 0. The molecule has 1 heterocycles. The minimum atomic E-state index is 0. The van der Waals surface area contributed by atoms with Gasteiger partial charge in [0.05, 0.1) is 0 Å².